The van der Waals surface area contributed by atoms with Gasteiger partial charge in [0.2, 0.25) is 5.95 Å². The van der Waals surface area contributed by atoms with E-state index in [0.717, 1.165) is 27.5 Å². The van der Waals surface area contributed by atoms with Gasteiger partial charge in [-0.05, 0) is 34.5 Å². The molecule has 0 aliphatic carbocycles. The van der Waals surface area contributed by atoms with E-state index in [1.165, 1.54) is 0 Å². The third kappa shape index (κ3) is 3.17. The van der Waals surface area contributed by atoms with Crippen LogP contribution in [-0.2, 0) is 6.54 Å². The van der Waals surface area contributed by atoms with Crippen molar-refractivity contribution in [3.8, 4) is 21.8 Å². The first-order valence-electron chi connectivity index (χ1n) is 7.33. The van der Waals surface area contributed by atoms with Gasteiger partial charge in [-0.25, -0.2) is 15.0 Å². The van der Waals surface area contributed by atoms with Gasteiger partial charge in [-0.15, -0.1) is 11.3 Å². The first kappa shape index (κ1) is 14.9. The van der Waals surface area contributed by atoms with Crippen LogP contribution in [0.4, 0.5) is 5.95 Å². The minimum atomic E-state index is 0.574. The van der Waals surface area contributed by atoms with E-state index in [4.69, 9.17) is 0 Å². The van der Waals surface area contributed by atoms with Crippen LogP contribution in [0.3, 0.4) is 0 Å². The van der Waals surface area contributed by atoms with Crippen LogP contribution < -0.4 is 5.32 Å². The van der Waals surface area contributed by atoms with Crippen LogP contribution in [-0.4, -0.2) is 19.9 Å². The monoisotopic (exact) mass is 351 g/mol. The molecule has 0 radical (unpaired) electrons. The highest BCUT2D eigenvalue weighted by Gasteiger charge is 2.14. The summed E-state index contributed by atoms with van der Waals surface area (Å²) in [6, 6.07) is 7.90. The standard InChI is InChI=1S/C17H13N5S2/c1-2-5-18-13(3-1)9-20-17-21-10-14(12-4-7-23-11-12)15(22-17)16-19-6-8-24-16/h1-8,10-11H,9H2,(H,20,21,22). The topological polar surface area (TPSA) is 63.6 Å². The van der Waals surface area contributed by atoms with Crippen LogP contribution in [0.2, 0.25) is 0 Å². The number of anilines is 1. The summed E-state index contributed by atoms with van der Waals surface area (Å²) in [4.78, 5) is 17.8. The zero-order valence-corrected chi connectivity index (χ0v) is 14.2. The van der Waals surface area contributed by atoms with Crippen LogP contribution in [0.15, 0.2) is 59.0 Å². The molecular formula is C17H13N5S2. The van der Waals surface area contributed by atoms with E-state index in [1.54, 1.807) is 35.1 Å². The van der Waals surface area contributed by atoms with Crippen LogP contribution in [0.1, 0.15) is 5.69 Å². The molecule has 4 aromatic rings. The number of hydrogen-bond donors (Lipinski definition) is 1. The number of hydrogen-bond acceptors (Lipinski definition) is 7. The maximum Gasteiger partial charge on any atom is 0.223 e. The van der Waals surface area contributed by atoms with Crippen molar-refractivity contribution < 1.29 is 0 Å². The molecule has 0 spiro atoms. The van der Waals surface area contributed by atoms with Crippen molar-refractivity contribution in [1.29, 1.82) is 0 Å². The molecule has 0 aliphatic rings. The predicted octanol–water partition coefficient (Wildman–Crippen LogP) is 4.34. The molecular weight excluding hydrogens is 338 g/mol. The minimum absolute atomic E-state index is 0.574. The van der Waals surface area contributed by atoms with E-state index >= 15 is 0 Å². The minimum Gasteiger partial charge on any atom is -0.349 e. The average Bonchev–Trinajstić information content (AvgIpc) is 3.34. The molecule has 0 saturated heterocycles. The van der Waals surface area contributed by atoms with E-state index in [9.17, 15) is 0 Å². The van der Waals surface area contributed by atoms with Crippen molar-refractivity contribution >= 4 is 28.6 Å². The van der Waals surface area contributed by atoms with Gasteiger partial charge in [-0.3, -0.25) is 4.98 Å². The van der Waals surface area contributed by atoms with Gasteiger partial charge in [0.15, 0.2) is 0 Å². The number of thiophene rings is 1. The predicted molar refractivity (Wildman–Crippen MR) is 98.0 cm³/mol. The molecule has 0 atom stereocenters. The lowest BCUT2D eigenvalue weighted by molar-refractivity contribution is 1.00. The normalized spacial score (nSPS) is 10.7. The van der Waals surface area contributed by atoms with Crippen LogP contribution in [0.25, 0.3) is 21.8 Å². The first-order chi connectivity index (χ1) is 11.9. The van der Waals surface area contributed by atoms with Crippen LogP contribution >= 0.6 is 22.7 Å². The molecule has 0 fully saturated rings. The molecule has 7 heteroatoms. The summed E-state index contributed by atoms with van der Waals surface area (Å²) >= 11 is 3.23. The maximum atomic E-state index is 4.69. The van der Waals surface area contributed by atoms with E-state index in [1.807, 2.05) is 35.2 Å². The van der Waals surface area contributed by atoms with Crippen LogP contribution in [0, 0.1) is 0 Å². The van der Waals surface area contributed by atoms with Gasteiger partial charge < -0.3 is 5.32 Å². The summed E-state index contributed by atoms with van der Waals surface area (Å²) < 4.78 is 0. The number of pyridine rings is 1. The summed E-state index contributed by atoms with van der Waals surface area (Å²) in [6.45, 7) is 0.579. The van der Waals surface area contributed by atoms with Crippen molar-refractivity contribution in [3.05, 3.63) is 64.7 Å². The quantitative estimate of drug-likeness (QED) is 0.579. The molecule has 4 aromatic heterocycles. The molecule has 24 heavy (non-hydrogen) atoms. The van der Waals surface area contributed by atoms with Gasteiger partial charge in [0.25, 0.3) is 0 Å². The smallest absolute Gasteiger partial charge is 0.223 e. The van der Waals surface area contributed by atoms with Crippen molar-refractivity contribution in [1.82, 2.24) is 19.9 Å². The Labute approximate surface area is 147 Å². The molecule has 0 aliphatic heterocycles. The van der Waals surface area contributed by atoms with Gasteiger partial charge in [0.1, 0.15) is 10.7 Å². The number of nitrogens with one attached hydrogen (secondary N) is 1. The summed E-state index contributed by atoms with van der Waals surface area (Å²) in [7, 11) is 0. The molecule has 4 heterocycles. The third-order valence-corrected chi connectivity index (χ3v) is 4.87. The fourth-order valence-electron chi connectivity index (χ4n) is 2.27. The highest BCUT2D eigenvalue weighted by atomic mass is 32.1. The molecule has 118 valence electrons. The Hall–Kier alpha value is -2.64. The zero-order chi connectivity index (χ0) is 16.2. The Bertz CT molecular complexity index is 906. The number of rotatable bonds is 5. The molecule has 0 unspecified atom stereocenters. The lowest BCUT2D eigenvalue weighted by Crippen LogP contribution is -2.06. The van der Waals surface area contributed by atoms with E-state index in [-0.39, 0.29) is 0 Å². The Morgan fingerprint density at radius 3 is 2.75 bits per heavy atom. The Balaban J connectivity index is 1.66. The highest BCUT2D eigenvalue weighted by Crippen LogP contribution is 2.32. The van der Waals surface area contributed by atoms with Crippen molar-refractivity contribution in [3.63, 3.8) is 0 Å². The molecule has 0 aromatic carbocycles. The lowest BCUT2D eigenvalue weighted by atomic mass is 10.1. The molecule has 4 rings (SSSR count). The summed E-state index contributed by atoms with van der Waals surface area (Å²) in [6.07, 6.45) is 5.42. The molecule has 1 N–H and O–H groups in total. The number of thiazole rings is 1. The second-order valence-electron chi connectivity index (χ2n) is 4.98. The van der Waals surface area contributed by atoms with Crippen molar-refractivity contribution in [2.75, 3.05) is 5.32 Å². The maximum absolute atomic E-state index is 4.69. The van der Waals surface area contributed by atoms with Gasteiger partial charge in [0, 0.05) is 29.5 Å². The average molecular weight is 351 g/mol. The molecule has 0 saturated carbocycles. The fourth-order valence-corrected chi connectivity index (χ4v) is 3.57. The van der Waals surface area contributed by atoms with Crippen LogP contribution in [0.5, 0.6) is 0 Å². The number of nitrogens with zero attached hydrogens (tertiary/aromatic N) is 4. The van der Waals surface area contributed by atoms with Crippen molar-refractivity contribution in [2.45, 2.75) is 6.54 Å². The van der Waals surface area contributed by atoms with Gasteiger partial charge in [-0.2, -0.15) is 11.3 Å². The SMILES string of the molecule is c1ccc(CNc2ncc(-c3ccsc3)c(-c3nccs3)n2)nc1. The second kappa shape index (κ2) is 6.86. The highest BCUT2D eigenvalue weighted by molar-refractivity contribution is 7.13. The van der Waals surface area contributed by atoms with Gasteiger partial charge in [-0.1, -0.05) is 6.07 Å². The number of aromatic nitrogens is 4. The zero-order valence-electron chi connectivity index (χ0n) is 12.6. The molecule has 0 bridgehead atoms. The molecule has 5 nitrogen and oxygen atoms in total. The third-order valence-electron chi connectivity index (χ3n) is 3.41. The largest absolute Gasteiger partial charge is 0.349 e. The first-order valence-corrected chi connectivity index (χ1v) is 9.15. The van der Waals surface area contributed by atoms with E-state index in [0.29, 0.717) is 12.5 Å². The lowest BCUT2D eigenvalue weighted by Gasteiger charge is -2.09. The summed E-state index contributed by atoms with van der Waals surface area (Å²) in [5, 5.41) is 10.2. The summed E-state index contributed by atoms with van der Waals surface area (Å²) in [5.41, 5.74) is 3.90. The Morgan fingerprint density at radius 2 is 2.00 bits per heavy atom. The second-order valence-corrected chi connectivity index (χ2v) is 6.65. The summed E-state index contributed by atoms with van der Waals surface area (Å²) in [5.74, 6) is 0.574. The van der Waals surface area contributed by atoms with Gasteiger partial charge >= 0.3 is 0 Å². The Kier molecular flexibility index (Phi) is 4.26. The van der Waals surface area contributed by atoms with E-state index in [2.05, 4.69) is 36.7 Å². The van der Waals surface area contributed by atoms with Crippen molar-refractivity contribution in [2.24, 2.45) is 0 Å². The fraction of sp³-hybridized carbons (Fsp3) is 0.0588. The van der Waals surface area contributed by atoms with Gasteiger partial charge in [0.05, 0.1) is 12.2 Å². The van der Waals surface area contributed by atoms with E-state index < -0.39 is 0 Å². The Morgan fingerprint density at radius 1 is 1.00 bits per heavy atom. The molecule has 0 amide bonds.